The van der Waals surface area contributed by atoms with Crippen LogP contribution in [0.1, 0.15) is 23.2 Å². The highest BCUT2D eigenvalue weighted by Gasteiger charge is 2.26. The van der Waals surface area contributed by atoms with E-state index in [1.54, 1.807) is 12.0 Å². The van der Waals surface area contributed by atoms with Gasteiger partial charge in [-0.1, -0.05) is 11.3 Å². The molecule has 0 radical (unpaired) electrons. The number of nitrogens with zero attached hydrogens (tertiary/aromatic N) is 6. The van der Waals surface area contributed by atoms with Gasteiger partial charge < -0.3 is 9.64 Å². The van der Waals surface area contributed by atoms with E-state index in [4.69, 9.17) is 15.3 Å². The molecule has 3 rings (SSSR count). The summed E-state index contributed by atoms with van der Waals surface area (Å²) in [5.41, 5.74) is 1.04. The van der Waals surface area contributed by atoms with Crippen molar-refractivity contribution < 1.29 is 17.9 Å². The molecule has 0 N–H and O–H groups in total. The van der Waals surface area contributed by atoms with Crippen molar-refractivity contribution >= 4 is 42.6 Å². The summed E-state index contributed by atoms with van der Waals surface area (Å²) in [6.45, 7) is 0.965. The van der Waals surface area contributed by atoms with Gasteiger partial charge in [-0.15, -0.1) is 0 Å². The van der Waals surface area contributed by atoms with Gasteiger partial charge in [-0.2, -0.15) is 14.8 Å². The number of rotatable bonds is 12. The Balaban J connectivity index is 1.91. The number of aromatic nitrogens is 1. The molecule has 3 aromatic rings. The zero-order chi connectivity index (χ0) is 27.0. The Bertz CT molecular complexity index is 1400. The molecule has 0 unspecified atom stereocenters. The topological polar surface area (TPSA) is 131 Å². The molecule has 1 heterocycles. The van der Waals surface area contributed by atoms with Crippen LogP contribution >= 0.6 is 11.3 Å². The van der Waals surface area contributed by atoms with Gasteiger partial charge in [-0.3, -0.25) is 9.69 Å². The second-order valence-electron chi connectivity index (χ2n) is 8.33. The molecule has 10 nitrogen and oxygen atoms in total. The average Bonchev–Trinajstić information content (AvgIpc) is 3.31. The van der Waals surface area contributed by atoms with E-state index in [1.807, 2.05) is 49.3 Å². The lowest BCUT2D eigenvalue weighted by Crippen LogP contribution is -2.36. The summed E-state index contributed by atoms with van der Waals surface area (Å²) in [6, 6.07) is 15.1. The number of sulfonamides is 1. The minimum atomic E-state index is -3.93. The largest absolute Gasteiger partial charge is 0.497 e. The van der Waals surface area contributed by atoms with Crippen molar-refractivity contribution in [1.29, 1.82) is 10.5 Å². The SMILES string of the molecule is COc1ccc2sc(N(CCN(C)C)C(=O)c3ccc(S(=O)(=O)N(CCC#N)CCC#N)cc3)nc2c1. The van der Waals surface area contributed by atoms with E-state index in [0.717, 1.165) is 14.5 Å². The Kier molecular flexibility index (Phi) is 9.55. The van der Waals surface area contributed by atoms with Crippen molar-refractivity contribution in [3.05, 3.63) is 48.0 Å². The van der Waals surface area contributed by atoms with Gasteiger partial charge in [0.25, 0.3) is 5.91 Å². The first kappa shape index (κ1) is 28.0. The highest BCUT2D eigenvalue weighted by Crippen LogP contribution is 2.32. The molecule has 0 aliphatic rings. The molecule has 0 atom stereocenters. The molecule has 1 aromatic heterocycles. The maximum Gasteiger partial charge on any atom is 0.260 e. The molecule has 0 spiro atoms. The first-order chi connectivity index (χ1) is 17.7. The number of amides is 1. The van der Waals surface area contributed by atoms with E-state index in [9.17, 15) is 13.2 Å². The predicted molar refractivity (Wildman–Crippen MR) is 142 cm³/mol. The van der Waals surface area contributed by atoms with Crippen molar-refractivity contribution in [2.45, 2.75) is 17.7 Å². The fourth-order valence-electron chi connectivity index (χ4n) is 3.50. The Morgan fingerprint density at radius 1 is 1.00 bits per heavy atom. The second kappa shape index (κ2) is 12.6. The van der Waals surface area contributed by atoms with Crippen molar-refractivity contribution in [3.8, 4) is 17.9 Å². The van der Waals surface area contributed by atoms with Gasteiger partial charge in [0.1, 0.15) is 5.75 Å². The lowest BCUT2D eigenvalue weighted by Gasteiger charge is -2.22. The summed E-state index contributed by atoms with van der Waals surface area (Å²) in [5, 5.41) is 18.3. The maximum absolute atomic E-state index is 13.6. The molecule has 1 amide bonds. The van der Waals surface area contributed by atoms with Crippen LogP contribution in [0.15, 0.2) is 47.4 Å². The van der Waals surface area contributed by atoms with Crippen LogP contribution in [-0.4, -0.2) is 75.9 Å². The van der Waals surface area contributed by atoms with Crippen LogP contribution < -0.4 is 9.64 Å². The minimum Gasteiger partial charge on any atom is -0.497 e. The van der Waals surface area contributed by atoms with E-state index < -0.39 is 10.0 Å². The highest BCUT2D eigenvalue weighted by atomic mass is 32.2. The average molecular weight is 541 g/mol. The van der Waals surface area contributed by atoms with Crippen LogP contribution in [0, 0.1) is 22.7 Å². The van der Waals surface area contributed by atoms with Crippen LogP contribution in [0.4, 0.5) is 5.13 Å². The second-order valence-corrected chi connectivity index (χ2v) is 11.3. The van der Waals surface area contributed by atoms with Crippen molar-refractivity contribution in [1.82, 2.24) is 14.2 Å². The van der Waals surface area contributed by atoms with Crippen molar-refractivity contribution in [2.24, 2.45) is 0 Å². The molecule has 0 aliphatic carbocycles. The number of anilines is 1. The number of fused-ring (bicyclic) bond motifs is 1. The number of ether oxygens (including phenoxy) is 1. The molecular formula is C25H28N6O4S2. The number of carbonyl (C=O) groups is 1. The van der Waals surface area contributed by atoms with Gasteiger partial charge in [0.15, 0.2) is 5.13 Å². The van der Waals surface area contributed by atoms with Gasteiger partial charge in [0, 0.05) is 50.7 Å². The summed E-state index contributed by atoms with van der Waals surface area (Å²) in [4.78, 5) is 21.8. The van der Waals surface area contributed by atoms with Crippen LogP contribution in [0.25, 0.3) is 10.2 Å². The summed E-state index contributed by atoms with van der Waals surface area (Å²) in [7, 11) is 1.48. The Morgan fingerprint density at radius 3 is 2.22 bits per heavy atom. The van der Waals surface area contributed by atoms with Crippen LogP contribution in [0.5, 0.6) is 5.75 Å². The lowest BCUT2D eigenvalue weighted by atomic mass is 10.2. The standard InChI is InChI=1S/C25H28N6O4S2/c1-29(2)16-17-31(25-28-22-18-20(35-3)8-11-23(22)36-25)24(32)19-6-9-21(10-7-19)37(33,34)30(14-4-12-26)15-5-13-27/h6-11,18H,4-5,14-17H2,1-3H3. The third-order valence-corrected chi connectivity index (χ3v) is 8.49. The zero-order valence-corrected chi connectivity index (χ0v) is 22.5. The summed E-state index contributed by atoms with van der Waals surface area (Å²) in [6.07, 6.45) is 0.0200. The van der Waals surface area contributed by atoms with Crippen LogP contribution in [0.3, 0.4) is 0 Å². The molecule has 0 bridgehead atoms. The first-order valence-electron chi connectivity index (χ1n) is 11.5. The normalized spacial score (nSPS) is 11.4. The van der Waals surface area contributed by atoms with Gasteiger partial charge in [0.2, 0.25) is 10.0 Å². The summed E-state index contributed by atoms with van der Waals surface area (Å²) < 4.78 is 33.5. The molecular weight excluding hydrogens is 512 g/mol. The molecule has 0 fully saturated rings. The van der Waals surface area contributed by atoms with Gasteiger partial charge in [-0.05, 0) is 50.5 Å². The quantitative estimate of drug-likeness (QED) is 0.342. The van der Waals surface area contributed by atoms with E-state index in [-0.39, 0.29) is 36.7 Å². The van der Waals surface area contributed by atoms with E-state index in [0.29, 0.717) is 29.5 Å². The van der Waals surface area contributed by atoms with Crippen molar-refractivity contribution in [2.75, 3.05) is 52.3 Å². The maximum atomic E-state index is 13.6. The molecule has 0 saturated heterocycles. The molecule has 37 heavy (non-hydrogen) atoms. The summed E-state index contributed by atoms with van der Waals surface area (Å²) >= 11 is 1.39. The number of methoxy groups -OCH3 is 1. The number of hydrogen-bond acceptors (Lipinski definition) is 9. The monoisotopic (exact) mass is 540 g/mol. The Labute approximate surface area is 221 Å². The number of nitriles is 2. The molecule has 0 saturated carbocycles. The fraction of sp³-hybridized carbons (Fsp3) is 0.360. The number of carbonyl (C=O) groups excluding carboxylic acids is 1. The van der Waals surface area contributed by atoms with E-state index in [2.05, 4.69) is 4.98 Å². The Morgan fingerprint density at radius 2 is 1.65 bits per heavy atom. The summed E-state index contributed by atoms with van der Waals surface area (Å²) in [5.74, 6) is 0.369. The van der Waals surface area contributed by atoms with Crippen LogP contribution in [0.2, 0.25) is 0 Å². The third-order valence-electron chi connectivity index (χ3n) is 5.52. The third kappa shape index (κ3) is 6.81. The van der Waals surface area contributed by atoms with Gasteiger partial charge in [0.05, 0.1) is 34.4 Å². The molecule has 0 aliphatic heterocycles. The van der Waals surface area contributed by atoms with Crippen LogP contribution in [-0.2, 0) is 10.0 Å². The lowest BCUT2D eigenvalue weighted by molar-refractivity contribution is 0.0985. The first-order valence-corrected chi connectivity index (χ1v) is 13.7. The fourth-order valence-corrected chi connectivity index (χ4v) is 5.91. The molecule has 194 valence electrons. The smallest absolute Gasteiger partial charge is 0.260 e. The number of benzene rings is 2. The minimum absolute atomic E-state index is 0.00754. The zero-order valence-electron chi connectivity index (χ0n) is 20.9. The number of likely N-dealkylation sites (N-methyl/N-ethyl adjacent to an activating group) is 1. The van der Waals surface area contributed by atoms with E-state index in [1.165, 1.54) is 35.6 Å². The Hall–Kier alpha value is -3.55. The van der Waals surface area contributed by atoms with Gasteiger partial charge in [-0.25, -0.2) is 13.4 Å². The predicted octanol–water partition coefficient (Wildman–Crippen LogP) is 3.33. The van der Waals surface area contributed by atoms with Crippen molar-refractivity contribution in [3.63, 3.8) is 0 Å². The molecule has 12 heteroatoms. The van der Waals surface area contributed by atoms with E-state index >= 15 is 0 Å². The molecule has 2 aromatic carbocycles. The van der Waals surface area contributed by atoms with Gasteiger partial charge >= 0.3 is 0 Å². The number of thiazole rings is 1. The highest BCUT2D eigenvalue weighted by molar-refractivity contribution is 7.89. The number of hydrogen-bond donors (Lipinski definition) is 0.